The minimum atomic E-state index is -0.548. The highest BCUT2D eigenvalue weighted by Gasteiger charge is 2.51. The highest BCUT2D eigenvalue weighted by Crippen LogP contribution is 2.35. The number of benzene rings is 1. The molecule has 24 heavy (non-hydrogen) atoms. The van der Waals surface area contributed by atoms with Crippen LogP contribution in [0.15, 0.2) is 41.2 Å². The lowest BCUT2D eigenvalue weighted by Crippen LogP contribution is -2.62. The standard InChI is InChI=1S/C16H17N5O3/c1-9-8-20-12-13(19(2)16(23)18-14(12)22)17-15(20)21(9)10-5-4-6-11(7-10)24-3/h4-8,12-13H,1-3H3,(H,18,22,23). The Morgan fingerprint density at radius 3 is 2.83 bits per heavy atom. The average Bonchev–Trinajstić information content (AvgIpc) is 3.07. The summed E-state index contributed by atoms with van der Waals surface area (Å²) in [7, 11) is 3.25. The van der Waals surface area contributed by atoms with Crippen molar-refractivity contribution in [3.05, 3.63) is 36.2 Å². The van der Waals surface area contributed by atoms with Gasteiger partial charge in [0.15, 0.2) is 12.2 Å². The average molecular weight is 327 g/mol. The quantitative estimate of drug-likeness (QED) is 0.874. The van der Waals surface area contributed by atoms with E-state index in [9.17, 15) is 9.59 Å². The van der Waals surface area contributed by atoms with E-state index in [0.29, 0.717) is 5.96 Å². The molecular formula is C16H17N5O3. The van der Waals surface area contributed by atoms with Gasteiger partial charge in [-0.15, -0.1) is 0 Å². The molecule has 2 unspecified atom stereocenters. The number of allylic oxidation sites excluding steroid dienone is 1. The van der Waals surface area contributed by atoms with Gasteiger partial charge in [0.25, 0.3) is 5.91 Å². The number of methoxy groups -OCH3 is 1. The molecule has 1 fully saturated rings. The van der Waals surface area contributed by atoms with E-state index in [-0.39, 0.29) is 5.91 Å². The first kappa shape index (κ1) is 14.6. The number of nitrogens with one attached hydrogen (secondary N) is 1. The van der Waals surface area contributed by atoms with E-state index in [0.717, 1.165) is 17.1 Å². The third-order valence-electron chi connectivity index (χ3n) is 4.47. The molecule has 3 aliphatic heterocycles. The number of hydrogen-bond acceptors (Lipinski definition) is 6. The van der Waals surface area contributed by atoms with Crippen LogP contribution in [0.25, 0.3) is 0 Å². The molecule has 0 aliphatic carbocycles. The van der Waals surface area contributed by atoms with Crippen LogP contribution in [0, 0.1) is 0 Å². The van der Waals surface area contributed by atoms with E-state index in [1.54, 1.807) is 14.2 Å². The zero-order valence-electron chi connectivity index (χ0n) is 13.6. The second-order valence-electron chi connectivity index (χ2n) is 5.91. The summed E-state index contributed by atoms with van der Waals surface area (Å²) in [6, 6.07) is 6.64. The van der Waals surface area contributed by atoms with Crippen LogP contribution in [-0.2, 0) is 4.79 Å². The molecule has 8 heteroatoms. The molecule has 2 atom stereocenters. The Morgan fingerprint density at radius 1 is 1.29 bits per heavy atom. The predicted molar refractivity (Wildman–Crippen MR) is 87.4 cm³/mol. The summed E-state index contributed by atoms with van der Waals surface area (Å²) in [5.74, 6) is 1.03. The van der Waals surface area contributed by atoms with Gasteiger partial charge in [-0.25, -0.2) is 9.79 Å². The van der Waals surface area contributed by atoms with Gasteiger partial charge in [-0.05, 0) is 19.1 Å². The van der Waals surface area contributed by atoms with Crippen molar-refractivity contribution in [1.29, 1.82) is 0 Å². The summed E-state index contributed by atoms with van der Waals surface area (Å²) in [5, 5.41) is 2.37. The van der Waals surface area contributed by atoms with Gasteiger partial charge in [0.1, 0.15) is 5.75 Å². The van der Waals surface area contributed by atoms with Crippen LogP contribution >= 0.6 is 0 Å². The molecule has 0 spiro atoms. The number of anilines is 1. The van der Waals surface area contributed by atoms with Gasteiger partial charge in [-0.2, -0.15) is 0 Å². The molecule has 1 aromatic rings. The van der Waals surface area contributed by atoms with Crippen LogP contribution < -0.4 is 15.0 Å². The summed E-state index contributed by atoms with van der Waals surface area (Å²) in [6.07, 6.45) is 1.35. The zero-order valence-corrected chi connectivity index (χ0v) is 13.6. The number of hydrogen-bond donors (Lipinski definition) is 1. The largest absolute Gasteiger partial charge is 0.497 e. The minimum absolute atomic E-state index is 0.335. The van der Waals surface area contributed by atoms with E-state index >= 15 is 0 Å². The molecule has 3 heterocycles. The number of guanidine groups is 1. The maximum Gasteiger partial charge on any atom is 0.325 e. The maximum absolute atomic E-state index is 12.3. The number of amides is 3. The lowest BCUT2D eigenvalue weighted by Gasteiger charge is -2.34. The first-order valence-corrected chi connectivity index (χ1v) is 7.57. The van der Waals surface area contributed by atoms with Crippen LogP contribution in [0.1, 0.15) is 6.92 Å². The van der Waals surface area contributed by atoms with Gasteiger partial charge >= 0.3 is 6.03 Å². The molecule has 8 nitrogen and oxygen atoms in total. The van der Waals surface area contributed by atoms with Gasteiger partial charge in [0.2, 0.25) is 5.96 Å². The van der Waals surface area contributed by atoms with E-state index in [2.05, 4.69) is 10.3 Å². The number of fused-ring (bicyclic) bond motifs is 3. The fourth-order valence-corrected chi connectivity index (χ4v) is 3.27. The molecule has 0 aromatic heterocycles. The van der Waals surface area contributed by atoms with Crippen molar-refractivity contribution in [3.8, 4) is 5.75 Å². The van der Waals surface area contributed by atoms with Crippen LogP contribution in [0.5, 0.6) is 5.75 Å². The van der Waals surface area contributed by atoms with E-state index in [1.807, 2.05) is 47.2 Å². The number of carbonyl (C=O) groups excluding carboxylic acids is 2. The van der Waals surface area contributed by atoms with Gasteiger partial charge in [0, 0.05) is 25.0 Å². The molecule has 124 valence electrons. The number of likely N-dealkylation sites (N-methyl/N-ethyl adjacent to an activating group) is 1. The van der Waals surface area contributed by atoms with Crippen LogP contribution in [-0.4, -0.2) is 54.1 Å². The number of urea groups is 1. The highest BCUT2D eigenvalue weighted by atomic mass is 16.5. The molecule has 1 N–H and O–H groups in total. The molecule has 4 rings (SSSR count). The number of nitrogens with zero attached hydrogens (tertiary/aromatic N) is 4. The van der Waals surface area contributed by atoms with Gasteiger partial charge < -0.3 is 14.5 Å². The molecule has 1 aromatic carbocycles. The van der Waals surface area contributed by atoms with Crippen molar-refractivity contribution in [1.82, 2.24) is 15.1 Å². The van der Waals surface area contributed by atoms with Crippen molar-refractivity contribution in [2.45, 2.75) is 19.1 Å². The lowest BCUT2D eigenvalue weighted by atomic mass is 10.1. The molecule has 1 saturated heterocycles. The van der Waals surface area contributed by atoms with E-state index < -0.39 is 18.2 Å². The van der Waals surface area contributed by atoms with Crippen molar-refractivity contribution in [2.75, 3.05) is 19.1 Å². The zero-order chi connectivity index (χ0) is 17.0. The molecule has 0 bridgehead atoms. The summed E-state index contributed by atoms with van der Waals surface area (Å²) in [4.78, 5) is 34.0. The Hall–Kier alpha value is -3.03. The Bertz CT molecular complexity index is 803. The second-order valence-corrected chi connectivity index (χ2v) is 5.91. The molecule has 3 amide bonds. The number of imide groups is 1. The summed E-state index contributed by atoms with van der Waals surface area (Å²) in [6.45, 7) is 1.95. The first-order chi connectivity index (χ1) is 11.5. The molecule has 0 saturated carbocycles. The SMILES string of the molecule is COc1cccc(N2C(C)=CN3C2=NC2C3C(=O)NC(=O)N2C)c1. The Kier molecular flexibility index (Phi) is 3.02. The predicted octanol–water partition coefficient (Wildman–Crippen LogP) is 0.924. The Balaban J connectivity index is 1.75. The van der Waals surface area contributed by atoms with Gasteiger partial charge in [0.05, 0.1) is 12.8 Å². The maximum atomic E-state index is 12.3. The number of aliphatic imine (C=N–C) groups is 1. The van der Waals surface area contributed by atoms with Gasteiger partial charge in [-0.1, -0.05) is 6.07 Å². The normalized spacial score (nSPS) is 25.2. The third-order valence-corrected chi connectivity index (χ3v) is 4.47. The smallest absolute Gasteiger partial charge is 0.325 e. The topological polar surface area (TPSA) is 77.5 Å². The second kappa shape index (κ2) is 4.98. The van der Waals surface area contributed by atoms with Gasteiger partial charge in [-0.3, -0.25) is 15.0 Å². The third kappa shape index (κ3) is 1.89. The molecule has 0 radical (unpaired) electrons. The highest BCUT2D eigenvalue weighted by molar-refractivity contribution is 6.09. The van der Waals surface area contributed by atoms with Crippen molar-refractivity contribution < 1.29 is 14.3 Å². The fourth-order valence-electron chi connectivity index (χ4n) is 3.27. The first-order valence-electron chi connectivity index (χ1n) is 7.57. The summed E-state index contributed by atoms with van der Waals surface area (Å²) >= 11 is 0. The molecule has 3 aliphatic rings. The van der Waals surface area contributed by atoms with E-state index in [1.165, 1.54) is 4.90 Å². The Morgan fingerprint density at radius 2 is 2.08 bits per heavy atom. The van der Waals surface area contributed by atoms with Crippen molar-refractivity contribution in [3.63, 3.8) is 0 Å². The fraction of sp³-hybridized carbons (Fsp3) is 0.312. The molecular weight excluding hydrogens is 310 g/mol. The number of rotatable bonds is 2. The van der Waals surface area contributed by atoms with Crippen LogP contribution in [0.2, 0.25) is 0 Å². The Labute approximate surface area is 139 Å². The minimum Gasteiger partial charge on any atom is -0.497 e. The monoisotopic (exact) mass is 327 g/mol. The number of ether oxygens (including phenoxy) is 1. The van der Waals surface area contributed by atoms with Crippen LogP contribution in [0.3, 0.4) is 0 Å². The van der Waals surface area contributed by atoms with Crippen molar-refractivity contribution >= 4 is 23.6 Å². The van der Waals surface area contributed by atoms with Crippen LogP contribution in [0.4, 0.5) is 10.5 Å². The van der Waals surface area contributed by atoms with Crippen molar-refractivity contribution in [2.24, 2.45) is 4.99 Å². The number of carbonyl (C=O) groups is 2. The summed E-state index contributed by atoms with van der Waals surface area (Å²) in [5.41, 5.74) is 1.82. The summed E-state index contributed by atoms with van der Waals surface area (Å²) < 4.78 is 5.29. The lowest BCUT2D eigenvalue weighted by molar-refractivity contribution is -0.126. The van der Waals surface area contributed by atoms with E-state index in [4.69, 9.17) is 4.74 Å².